The van der Waals surface area contributed by atoms with Gasteiger partial charge in [-0.25, -0.2) is 4.98 Å². The molecule has 0 fully saturated rings. The molecule has 0 aliphatic heterocycles. The molecule has 0 saturated carbocycles. The highest BCUT2D eigenvalue weighted by molar-refractivity contribution is 5.79. The van der Waals surface area contributed by atoms with E-state index < -0.39 is 12.8 Å². The molecule has 2 aromatic carbocycles. The van der Waals surface area contributed by atoms with E-state index in [1.54, 1.807) is 12.1 Å². The molecule has 3 rings (SSSR count). The predicted octanol–water partition coefficient (Wildman–Crippen LogP) is 4.18. The summed E-state index contributed by atoms with van der Waals surface area (Å²) in [6.45, 7) is -1.37. The molecule has 1 heterocycles. The fourth-order valence-corrected chi connectivity index (χ4v) is 2.18. The van der Waals surface area contributed by atoms with Crippen molar-refractivity contribution in [1.29, 1.82) is 0 Å². The molecule has 3 aromatic rings. The number of fused-ring (bicyclic) bond motifs is 1. The maximum absolute atomic E-state index is 12.3. The fourth-order valence-electron chi connectivity index (χ4n) is 2.18. The van der Waals surface area contributed by atoms with Crippen LogP contribution in [0.2, 0.25) is 0 Å². The number of nitrogens with one attached hydrogen (secondary N) is 1. The van der Waals surface area contributed by atoms with Crippen molar-refractivity contribution in [2.24, 2.45) is 0 Å². The van der Waals surface area contributed by atoms with E-state index in [0.29, 0.717) is 11.4 Å². The third-order valence-electron chi connectivity index (χ3n) is 3.22. The van der Waals surface area contributed by atoms with Crippen molar-refractivity contribution in [2.45, 2.75) is 6.18 Å². The smallest absolute Gasteiger partial charge is 0.422 e. The number of nitrogens with zero attached hydrogens (tertiary/aromatic N) is 1. The molecule has 0 spiro atoms. The number of ether oxygens (including phenoxy) is 2. The molecule has 0 aliphatic rings. The summed E-state index contributed by atoms with van der Waals surface area (Å²) in [7, 11) is 1.37. The van der Waals surface area contributed by atoms with Gasteiger partial charge in [-0.15, -0.1) is 0 Å². The molecule has 0 aliphatic carbocycles. The lowest BCUT2D eigenvalue weighted by Gasteiger charge is -2.13. The van der Waals surface area contributed by atoms with E-state index in [9.17, 15) is 13.2 Å². The highest BCUT2D eigenvalue weighted by atomic mass is 19.4. The number of aromatic amines is 1. The van der Waals surface area contributed by atoms with Gasteiger partial charge in [-0.1, -0.05) is 12.1 Å². The van der Waals surface area contributed by atoms with Crippen LogP contribution in [0.25, 0.3) is 22.4 Å². The minimum atomic E-state index is -4.40. The third-order valence-corrected chi connectivity index (χ3v) is 3.22. The molecule has 23 heavy (non-hydrogen) atoms. The molecule has 7 heteroatoms. The van der Waals surface area contributed by atoms with Crippen molar-refractivity contribution in [3.8, 4) is 22.9 Å². The lowest BCUT2D eigenvalue weighted by molar-refractivity contribution is -0.153. The second kappa shape index (κ2) is 5.83. The fraction of sp³-hybridized carbons (Fsp3) is 0.188. The Morgan fingerprint density at radius 3 is 2.57 bits per heavy atom. The minimum Gasteiger partial charge on any atom is -0.493 e. The Labute approximate surface area is 129 Å². The SMILES string of the molecule is COc1cc(-c2nc3ccccc3[nH]2)ccc1OCC(F)(F)F. The number of methoxy groups -OCH3 is 1. The van der Waals surface area contributed by atoms with E-state index in [1.165, 1.54) is 13.2 Å². The average molecular weight is 322 g/mol. The standard InChI is InChI=1S/C16H13F3N2O2/c1-22-14-8-10(6-7-13(14)23-9-16(17,18)19)15-20-11-4-2-3-5-12(11)21-15/h2-8H,9H2,1H3,(H,20,21). The summed E-state index contributed by atoms with van der Waals surface area (Å²) in [5.74, 6) is 0.851. The normalized spacial score (nSPS) is 11.7. The van der Waals surface area contributed by atoms with E-state index in [-0.39, 0.29) is 11.5 Å². The van der Waals surface area contributed by atoms with Crippen LogP contribution in [0.1, 0.15) is 0 Å². The Kier molecular flexibility index (Phi) is 3.85. The lowest BCUT2D eigenvalue weighted by Crippen LogP contribution is -2.19. The maximum atomic E-state index is 12.3. The predicted molar refractivity (Wildman–Crippen MR) is 79.6 cm³/mol. The molecular weight excluding hydrogens is 309 g/mol. The van der Waals surface area contributed by atoms with Gasteiger partial charge in [0.2, 0.25) is 0 Å². The molecule has 0 unspecified atom stereocenters. The monoisotopic (exact) mass is 322 g/mol. The van der Waals surface area contributed by atoms with E-state index in [4.69, 9.17) is 9.47 Å². The lowest BCUT2D eigenvalue weighted by atomic mass is 10.2. The van der Waals surface area contributed by atoms with Crippen molar-refractivity contribution < 1.29 is 22.6 Å². The maximum Gasteiger partial charge on any atom is 0.422 e. The van der Waals surface area contributed by atoms with Crippen LogP contribution < -0.4 is 9.47 Å². The van der Waals surface area contributed by atoms with Crippen LogP contribution in [-0.4, -0.2) is 29.9 Å². The summed E-state index contributed by atoms with van der Waals surface area (Å²) in [6.07, 6.45) is -4.40. The average Bonchev–Trinajstić information content (AvgIpc) is 2.96. The number of para-hydroxylation sites is 2. The number of aromatic nitrogens is 2. The minimum absolute atomic E-state index is 0.0321. The molecule has 1 N–H and O–H groups in total. The van der Waals surface area contributed by atoms with Gasteiger partial charge in [0.05, 0.1) is 18.1 Å². The first kappa shape index (κ1) is 15.2. The zero-order chi connectivity index (χ0) is 16.4. The number of H-pyrrole nitrogens is 1. The summed E-state index contributed by atoms with van der Waals surface area (Å²) in [5.41, 5.74) is 2.37. The van der Waals surface area contributed by atoms with Crippen LogP contribution in [-0.2, 0) is 0 Å². The van der Waals surface area contributed by atoms with Crippen molar-refractivity contribution in [2.75, 3.05) is 13.7 Å². The highest BCUT2D eigenvalue weighted by Crippen LogP contribution is 2.33. The second-order valence-corrected chi connectivity index (χ2v) is 4.87. The molecule has 0 atom stereocenters. The summed E-state index contributed by atoms with van der Waals surface area (Å²) in [6, 6.07) is 12.2. The molecule has 0 bridgehead atoms. The number of benzene rings is 2. The van der Waals surface area contributed by atoms with Crippen LogP contribution in [0.3, 0.4) is 0 Å². The summed E-state index contributed by atoms with van der Waals surface area (Å²) in [4.78, 5) is 7.59. The first-order valence-electron chi connectivity index (χ1n) is 6.79. The molecule has 120 valence electrons. The van der Waals surface area contributed by atoms with E-state index in [2.05, 4.69) is 9.97 Å². The van der Waals surface area contributed by atoms with E-state index >= 15 is 0 Å². The van der Waals surface area contributed by atoms with Crippen molar-refractivity contribution in [3.05, 3.63) is 42.5 Å². The molecule has 0 amide bonds. The Morgan fingerprint density at radius 1 is 1.09 bits per heavy atom. The topological polar surface area (TPSA) is 47.1 Å². The summed E-state index contributed by atoms with van der Waals surface area (Å²) >= 11 is 0. The quantitative estimate of drug-likeness (QED) is 0.784. The number of halogens is 3. The Balaban J connectivity index is 1.91. The van der Waals surface area contributed by atoms with Gasteiger partial charge in [0, 0.05) is 5.56 Å². The van der Waals surface area contributed by atoms with Crippen LogP contribution in [0.15, 0.2) is 42.5 Å². The van der Waals surface area contributed by atoms with E-state index in [0.717, 1.165) is 11.0 Å². The van der Waals surface area contributed by atoms with Gasteiger partial charge in [-0.2, -0.15) is 13.2 Å². The van der Waals surface area contributed by atoms with Gasteiger partial charge < -0.3 is 14.5 Å². The number of rotatable bonds is 4. The number of hydrogen-bond donors (Lipinski definition) is 1. The van der Waals surface area contributed by atoms with Gasteiger partial charge in [0.1, 0.15) is 5.82 Å². The van der Waals surface area contributed by atoms with Gasteiger partial charge in [-0.05, 0) is 30.3 Å². The molecule has 4 nitrogen and oxygen atoms in total. The van der Waals surface area contributed by atoms with Crippen molar-refractivity contribution >= 4 is 11.0 Å². The number of imidazole rings is 1. The molecular formula is C16H13F3N2O2. The van der Waals surface area contributed by atoms with Crippen LogP contribution >= 0.6 is 0 Å². The highest BCUT2D eigenvalue weighted by Gasteiger charge is 2.29. The third kappa shape index (κ3) is 3.39. The van der Waals surface area contributed by atoms with Gasteiger partial charge in [-0.3, -0.25) is 0 Å². The van der Waals surface area contributed by atoms with Gasteiger partial charge in [0.25, 0.3) is 0 Å². The zero-order valence-electron chi connectivity index (χ0n) is 12.1. The zero-order valence-corrected chi connectivity index (χ0v) is 12.1. The number of hydrogen-bond acceptors (Lipinski definition) is 3. The Hall–Kier alpha value is -2.70. The number of alkyl halides is 3. The molecule has 0 radical (unpaired) electrons. The first-order valence-corrected chi connectivity index (χ1v) is 6.79. The molecule has 1 aromatic heterocycles. The summed E-state index contributed by atoms with van der Waals surface area (Å²) < 4.78 is 46.7. The Bertz CT molecular complexity index is 795. The van der Waals surface area contributed by atoms with Crippen LogP contribution in [0.4, 0.5) is 13.2 Å². The van der Waals surface area contributed by atoms with Crippen LogP contribution in [0.5, 0.6) is 11.5 Å². The molecule has 0 saturated heterocycles. The van der Waals surface area contributed by atoms with Gasteiger partial charge >= 0.3 is 6.18 Å². The van der Waals surface area contributed by atoms with Crippen molar-refractivity contribution in [1.82, 2.24) is 9.97 Å². The largest absolute Gasteiger partial charge is 0.493 e. The second-order valence-electron chi connectivity index (χ2n) is 4.87. The first-order chi connectivity index (χ1) is 11.0. The van der Waals surface area contributed by atoms with Crippen molar-refractivity contribution in [3.63, 3.8) is 0 Å². The Morgan fingerprint density at radius 2 is 1.87 bits per heavy atom. The van der Waals surface area contributed by atoms with E-state index in [1.807, 2.05) is 24.3 Å². The summed E-state index contributed by atoms with van der Waals surface area (Å²) in [5, 5.41) is 0. The van der Waals surface area contributed by atoms with Crippen LogP contribution in [0, 0.1) is 0 Å². The van der Waals surface area contributed by atoms with Gasteiger partial charge in [0.15, 0.2) is 18.1 Å².